The van der Waals surface area contributed by atoms with Crippen LogP contribution in [0, 0.1) is 6.92 Å². The molecule has 2 heterocycles. The number of likely N-dealkylation sites (tertiary alicyclic amines) is 1. The quantitative estimate of drug-likeness (QED) is 0.778. The van der Waals surface area contributed by atoms with Crippen LogP contribution in [-0.2, 0) is 16.1 Å². The lowest BCUT2D eigenvalue weighted by Crippen LogP contribution is -2.44. The molecule has 0 aromatic heterocycles. The second-order valence-electron chi connectivity index (χ2n) is 8.41. The molecular weight excluding hydrogens is 390 g/mol. The molecular formula is C25H31N3O3. The number of fused-ring (bicyclic) bond motifs is 1. The Labute approximate surface area is 184 Å². The molecule has 2 aliphatic heterocycles. The Morgan fingerprint density at radius 2 is 1.74 bits per heavy atom. The van der Waals surface area contributed by atoms with Gasteiger partial charge in [-0.05, 0) is 43.0 Å². The molecule has 2 amide bonds. The molecule has 31 heavy (non-hydrogen) atoms. The van der Waals surface area contributed by atoms with E-state index in [2.05, 4.69) is 41.4 Å². The predicted octanol–water partition coefficient (Wildman–Crippen LogP) is 3.28. The summed E-state index contributed by atoms with van der Waals surface area (Å²) in [5.41, 5.74) is 3.49. The van der Waals surface area contributed by atoms with Gasteiger partial charge in [-0.1, -0.05) is 36.4 Å². The highest BCUT2D eigenvalue weighted by atomic mass is 16.5. The summed E-state index contributed by atoms with van der Waals surface area (Å²) in [5, 5.41) is 3.13. The number of piperidine rings is 1. The van der Waals surface area contributed by atoms with Gasteiger partial charge in [-0.2, -0.15) is 0 Å². The van der Waals surface area contributed by atoms with Gasteiger partial charge < -0.3 is 15.0 Å². The van der Waals surface area contributed by atoms with E-state index in [4.69, 9.17) is 4.74 Å². The standard InChI is InChI=1S/C25H31N3O3/c1-19-6-2-3-7-20(19)18-27-14-12-21(13-15-27)26-24(29)10-11-25(30)28-16-17-31-23-9-5-4-8-22(23)28/h2-9,21H,10-18H2,1H3,(H,26,29). The van der Waals surface area contributed by atoms with Crippen LogP contribution in [0.5, 0.6) is 5.75 Å². The van der Waals surface area contributed by atoms with Crippen molar-refractivity contribution in [3.05, 3.63) is 59.7 Å². The van der Waals surface area contributed by atoms with Crippen molar-refractivity contribution >= 4 is 17.5 Å². The van der Waals surface area contributed by atoms with Gasteiger partial charge in [-0.15, -0.1) is 0 Å². The van der Waals surface area contributed by atoms with Gasteiger partial charge in [0.2, 0.25) is 11.8 Å². The summed E-state index contributed by atoms with van der Waals surface area (Å²) in [7, 11) is 0. The van der Waals surface area contributed by atoms with Crippen LogP contribution >= 0.6 is 0 Å². The molecule has 1 saturated heterocycles. The predicted molar refractivity (Wildman–Crippen MR) is 121 cm³/mol. The third kappa shape index (κ3) is 5.44. The van der Waals surface area contributed by atoms with Crippen molar-refractivity contribution < 1.29 is 14.3 Å². The molecule has 0 radical (unpaired) electrons. The summed E-state index contributed by atoms with van der Waals surface area (Å²) in [5.74, 6) is 0.662. The lowest BCUT2D eigenvalue weighted by Gasteiger charge is -2.33. The number of nitrogens with one attached hydrogen (secondary N) is 1. The summed E-state index contributed by atoms with van der Waals surface area (Å²) in [6.07, 6.45) is 2.33. The van der Waals surface area contributed by atoms with E-state index in [1.54, 1.807) is 4.90 Å². The molecule has 6 heteroatoms. The molecule has 0 unspecified atom stereocenters. The van der Waals surface area contributed by atoms with Crippen molar-refractivity contribution in [2.75, 3.05) is 31.1 Å². The number of hydrogen-bond donors (Lipinski definition) is 1. The maximum absolute atomic E-state index is 12.7. The number of hydrogen-bond acceptors (Lipinski definition) is 4. The maximum atomic E-state index is 12.7. The Hall–Kier alpha value is -2.86. The van der Waals surface area contributed by atoms with Crippen LogP contribution in [0.15, 0.2) is 48.5 Å². The first-order valence-corrected chi connectivity index (χ1v) is 11.2. The SMILES string of the molecule is Cc1ccccc1CN1CCC(NC(=O)CCC(=O)N2CCOc3ccccc32)CC1. The number of anilines is 1. The van der Waals surface area contributed by atoms with E-state index in [9.17, 15) is 9.59 Å². The molecule has 2 aliphatic rings. The van der Waals surface area contributed by atoms with Crippen LogP contribution in [-0.4, -0.2) is 49.0 Å². The molecule has 0 bridgehead atoms. The molecule has 0 atom stereocenters. The van der Waals surface area contributed by atoms with Crippen LogP contribution in [0.1, 0.15) is 36.8 Å². The van der Waals surface area contributed by atoms with E-state index in [0.29, 0.717) is 13.2 Å². The van der Waals surface area contributed by atoms with E-state index < -0.39 is 0 Å². The van der Waals surface area contributed by atoms with E-state index in [0.717, 1.165) is 43.9 Å². The lowest BCUT2D eigenvalue weighted by atomic mass is 10.0. The van der Waals surface area contributed by atoms with E-state index >= 15 is 0 Å². The van der Waals surface area contributed by atoms with E-state index in [1.165, 1.54) is 11.1 Å². The zero-order chi connectivity index (χ0) is 21.6. The molecule has 0 saturated carbocycles. The van der Waals surface area contributed by atoms with Gasteiger partial charge in [0.1, 0.15) is 12.4 Å². The Bertz CT molecular complexity index is 922. The van der Waals surface area contributed by atoms with Crippen molar-refractivity contribution in [2.45, 2.75) is 45.2 Å². The highest BCUT2D eigenvalue weighted by molar-refractivity contribution is 5.97. The van der Waals surface area contributed by atoms with Crippen molar-refractivity contribution in [3.8, 4) is 5.75 Å². The highest BCUT2D eigenvalue weighted by Crippen LogP contribution is 2.31. The van der Waals surface area contributed by atoms with E-state index in [1.807, 2.05) is 24.3 Å². The molecule has 6 nitrogen and oxygen atoms in total. The summed E-state index contributed by atoms with van der Waals surface area (Å²) >= 11 is 0. The molecule has 0 spiro atoms. The van der Waals surface area contributed by atoms with Crippen LogP contribution in [0.3, 0.4) is 0 Å². The van der Waals surface area contributed by atoms with Gasteiger partial charge in [0.25, 0.3) is 0 Å². The molecule has 2 aromatic carbocycles. The van der Waals surface area contributed by atoms with Gasteiger partial charge in [0.15, 0.2) is 0 Å². The second-order valence-corrected chi connectivity index (χ2v) is 8.41. The van der Waals surface area contributed by atoms with Crippen molar-refractivity contribution in [1.82, 2.24) is 10.2 Å². The van der Waals surface area contributed by atoms with Gasteiger partial charge in [0, 0.05) is 38.5 Å². The Balaban J connectivity index is 1.20. The number of ether oxygens (including phenoxy) is 1. The van der Waals surface area contributed by atoms with Crippen molar-refractivity contribution in [2.24, 2.45) is 0 Å². The van der Waals surface area contributed by atoms with Crippen LogP contribution in [0.2, 0.25) is 0 Å². The number of rotatable bonds is 6. The molecule has 0 aliphatic carbocycles. The minimum atomic E-state index is -0.0350. The first-order valence-electron chi connectivity index (χ1n) is 11.2. The first-order chi connectivity index (χ1) is 15.1. The Morgan fingerprint density at radius 3 is 2.55 bits per heavy atom. The number of nitrogens with zero attached hydrogens (tertiary/aromatic N) is 2. The Morgan fingerprint density at radius 1 is 1.00 bits per heavy atom. The second kappa shape index (κ2) is 9.96. The lowest BCUT2D eigenvalue weighted by molar-refractivity contribution is -0.126. The fourth-order valence-corrected chi connectivity index (χ4v) is 4.35. The van der Waals surface area contributed by atoms with Crippen LogP contribution in [0.4, 0.5) is 5.69 Å². The molecule has 2 aromatic rings. The van der Waals surface area contributed by atoms with Gasteiger partial charge in [0.05, 0.1) is 12.2 Å². The minimum Gasteiger partial charge on any atom is -0.490 e. The number of amides is 2. The monoisotopic (exact) mass is 421 g/mol. The molecule has 4 rings (SSSR count). The summed E-state index contributed by atoms with van der Waals surface area (Å²) in [6.45, 7) is 6.07. The van der Waals surface area contributed by atoms with Crippen molar-refractivity contribution in [1.29, 1.82) is 0 Å². The fraction of sp³-hybridized carbons (Fsp3) is 0.440. The Kier molecular flexibility index (Phi) is 6.87. The summed E-state index contributed by atoms with van der Waals surface area (Å²) in [6, 6.07) is 16.2. The van der Waals surface area contributed by atoms with Crippen LogP contribution in [0.25, 0.3) is 0 Å². The number of carbonyl (C=O) groups is 2. The van der Waals surface area contributed by atoms with E-state index in [-0.39, 0.29) is 30.7 Å². The number of para-hydroxylation sites is 2. The fourth-order valence-electron chi connectivity index (χ4n) is 4.35. The third-order valence-corrected chi connectivity index (χ3v) is 6.20. The topological polar surface area (TPSA) is 61.9 Å². The summed E-state index contributed by atoms with van der Waals surface area (Å²) in [4.78, 5) is 29.3. The molecule has 1 N–H and O–H groups in total. The van der Waals surface area contributed by atoms with Gasteiger partial charge in [-0.25, -0.2) is 0 Å². The normalized spacial score (nSPS) is 17.0. The minimum absolute atomic E-state index is 0.0287. The average molecular weight is 422 g/mol. The zero-order valence-corrected chi connectivity index (χ0v) is 18.2. The van der Waals surface area contributed by atoms with Crippen molar-refractivity contribution in [3.63, 3.8) is 0 Å². The average Bonchev–Trinajstić information content (AvgIpc) is 2.80. The number of benzene rings is 2. The number of carbonyl (C=O) groups excluding carboxylic acids is 2. The van der Waals surface area contributed by atoms with Gasteiger partial charge >= 0.3 is 0 Å². The largest absolute Gasteiger partial charge is 0.490 e. The summed E-state index contributed by atoms with van der Waals surface area (Å²) < 4.78 is 5.61. The molecule has 1 fully saturated rings. The first kappa shape index (κ1) is 21.4. The molecule has 164 valence electrons. The maximum Gasteiger partial charge on any atom is 0.227 e. The number of aryl methyl sites for hydroxylation is 1. The van der Waals surface area contributed by atoms with Gasteiger partial charge in [-0.3, -0.25) is 14.5 Å². The smallest absolute Gasteiger partial charge is 0.227 e. The zero-order valence-electron chi connectivity index (χ0n) is 18.2. The third-order valence-electron chi connectivity index (χ3n) is 6.20. The highest BCUT2D eigenvalue weighted by Gasteiger charge is 2.25. The van der Waals surface area contributed by atoms with Crippen LogP contribution < -0.4 is 15.0 Å².